The molecule has 1 N–H and O–H groups in total. The Balaban J connectivity index is 1.84. The van der Waals surface area contributed by atoms with Crippen LogP contribution in [0.4, 0.5) is 0 Å². The van der Waals surface area contributed by atoms with Crippen molar-refractivity contribution in [3.8, 4) is 0 Å². The van der Waals surface area contributed by atoms with E-state index in [9.17, 15) is 14.4 Å². The SMILES string of the molecule is Cc1ccc2nc(COC(=O)c3ccc[nH]c3=O)cc(=O)n2c1. The molecule has 0 bridgehead atoms. The van der Waals surface area contributed by atoms with Crippen molar-refractivity contribution in [3.05, 3.63) is 80.3 Å². The van der Waals surface area contributed by atoms with E-state index in [0.29, 0.717) is 11.3 Å². The summed E-state index contributed by atoms with van der Waals surface area (Å²) in [7, 11) is 0. The zero-order valence-corrected chi connectivity index (χ0v) is 12.3. The quantitative estimate of drug-likeness (QED) is 0.730. The number of rotatable bonds is 3. The van der Waals surface area contributed by atoms with Gasteiger partial charge in [0, 0.05) is 18.5 Å². The average Bonchev–Trinajstić information content (AvgIpc) is 2.54. The van der Waals surface area contributed by atoms with Crippen LogP contribution >= 0.6 is 0 Å². The van der Waals surface area contributed by atoms with Crippen molar-refractivity contribution in [1.29, 1.82) is 0 Å². The minimum absolute atomic E-state index is 0.0966. The summed E-state index contributed by atoms with van der Waals surface area (Å²) in [6.07, 6.45) is 3.11. The summed E-state index contributed by atoms with van der Waals surface area (Å²) < 4.78 is 6.47. The molecule has 0 atom stereocenters. The number of nitrogens with one attached hydrogen (secondary N) is 1. The number of aromatic nitrogens is 3. The van der Waals surface area contributed by atoms with Crippen molar-refractivity contribution < 1.29 is 9.53 Å². The minimum Gasteiger partial charge on any atom is -0.455 e. The third-order valence-corrected chi connectivity index (χ3v) is 3.25. The van der Waals surface area contributed by atoms with Crippen LogP contribution in [0, 0.1) is 6.92 Å². The molecule has 7 nitrogen and oxygen atoms in total. The molecule has 0 fully saturated rings. The van der Waals surface area contributed by atoms with Crippen LogP contribution in [-0.4, -0.2) is 20.3 Å². The number of nitrogens with zero attached hydrogens (tertiary/aromatic N) is 2. The van der Waals surface area contributed by atoms with Gasteiger partial charge in [-0.3, -0.25) is 14.0 Å². The van der Waals surface area contributed by atoms with Gasteiger partial charge in [0.1, 0.15) is 17.8 Å². The molecule has 0 aliphatic rings. The lowest BCUT2D eigenvalue weighted by atomic mass is 10.3. The summed E-state index contributed by atoms with van der Waals surface area (Å²) in [5.74, 6) is -0.766. The predicted octanol–water partition coefficient (Wildman–Crippen LogP) is 1.05. The van der Waals surface area contributed by atoms with Gasteiger partial charge in [-0.15, -0.1) is 0 Å². The Labute approximate surface area is 130 Å². The first kappa shape index (κ1) is 14.7. The van der Waals surface area contributed by atoms with E-state index in [1.54, 1.807) is 12.3 Å². The van der Waals surface area contributed by atoms with Gasteiger partial charge < -0.3 is 9.72 Å². The number of aryl methyl sites for hydroxylation is 1. The van der Waals surface area contributed by atoms with E-state index in [1.165, 1.54) is 28.8 Å². The second-order valence-electron chi connectivity index (χ2n) is 5.01. The first-order chi connectivity index (χ1) is 11.0. The number of ether oxygens (including phenoxy) is 1. The summed E-state index contributed by atoms with van der Waals surface area (Å²) in [6, 6.07) is 7.74. The van der Waals surface area contributed by atoms with Gasteiger partial charge in [0.25, 0.3) is 11.1 Å². The number of fused-ring (bicyclic) bond motifs is 1. The Hall–Kier alpha value is -3.22. The fraction of sp³-hybridized carbons (Fsp3) is 0.125. The molecule has 0 radical (unpaired) electrons. The summed E-state index contributed by atoms with van der Waals surface area (Å²) in [5, 5.41) is 0. The smallest absolute Gasteiger partial charge is 0.344 e. The molecule has 116 valence electrons. The van der Waals surface area contributed by atoms with E-state index >= 15 is 0 Å². The van der Waals surface area contributed by atoms with Crippen LogP contribution in [0.2, 0.25) is 0 Å². The first-order valence-corrected chi connectivity index (χ1v) is 6.88. The maximum atomic E-state index is 12.0. The maximum absolute atomic E-state index is 12.0. The molecular formula is C16H13N3O4. The summed E-state index contributed by atoms with van der Waals surface area (Å²) in [5.41, 5.74) is 0.831. The molecule has 0 saturated carbocycles. The summed E-state index contributed by atoms with van der Waals surface area (Å²) in [6.45, 7) is 1.69. The summed E-state index contributed by atoms with van der Waals surface area (Å²) in [4.78, 5) is 42.1. The van der Waals surface area contributed by atoms with Gasteiger partial charge in [-0.1, -0.05) is 6.07 Å². The maximum Gasteiger partial charge on any atom is 0.344 e. The highest BCUT2D eigenvalue weighted by atomic mass is 16.5. The molecule has 3 aromatic heterocycles. The molecule has 0 aromatic carbocycles. The van der Waals surface area contributed by atoms with Crippen LogP contribution in [0.5, 0.6) is 0 Å². The molecular weight excluding hydrogens is 298 g/mol. The molecule has 0 spiro atoms. The molecule has 3 heterocycles. The van der Waals surface area contributed by atoms with Crippen molar-refractivity contribution in [2.24, 2.45) is 0 Å². The lowest BCUT2D eigenvalue weighted by Crippen LogP contribution is -2.20. The van der Waals surface area contributed by atoms with Gasteiger partial charge in [0.05, 0.1) is 5.69 Å². The molecule has 0 unspecified atom stereocenters. The normalized spacial score (nSPS) is 10.7. The predicted molar refractivity (Wildman–Crippen MR) is 82.4 cm³/mol. The molecule has 0 amide bonds. The Kier molecular flexibility index (Phi) is 3.76. The number of pyridine rings is 2. The Morgan fingerprint density at radius 3 is 2.91 bits per heavy atom. The molecule has 3 aromatic rings. The highest BCUT2D eigenvalue weighted by Crippen LogP contribution is 2.04. The zero-order valence-electron chi connectivity index (χ0n) is 12.3. The van der Waals surface area contributed by atoms with Gasteiger partial charge in [-0.2, -0.15) is 0 Å². The second-order valence-corrected chi connectivity index (χ2v) is 5.01. The number of hydrogen-bond acceptors (Lipinski definition) is 5. The monoisotopic (exact) mass is 311 g/mol. The highest BCUT2D eigenvalue weighted by Gasteiger charge is 2.12. The van der Waals surface area contributed by atoms with Crippen molar-refractivity contribution in [3.63, 3.8) is 0 Å². The number of carbonyl (C=O) groups is 1. The van der Waals surface area contributed by atoms with Gasteiger partial charge in [0.15, 0.2) is 0 Å². The van der Waals surface area contributed by atoms with Gasteiger partial charge in [-0.25, -0.2) is 9.78 Å². The third kappa shape index (κ3) is 3.03. The van der Waals surface area contributed by atoms with Gasteiger partial charge in [-0.05, 0) is 30.7 Å². The van der Waals surface area contributed by atoms with Crippen LogP contribution < -0.4 is 11.1 Å². The lowest BCUT2D eigenvalue weighted by molar-refractivity contribution is 0.0465. The van der Waals surface area contributed by atoms with E-state index < -0.39 is 11.5 Å². The number of H-pyrrole nitrogens is 1. The fourth-order valence-electron chi connectivity index (χ4n) is 2.13. The van der Waals surface area contributed by atoms with E-state index in [2.05, 4.69) is 9.97 Å². The molecule has 3 rings (SSSR count). The number of hydrogen-bond donors (Lipinski definition) is 1. The lowest BCUT2D eigenvalue weighted by Gasteiger charge is -2.06. The standard InChI is InChI=1S/C16H13N3O4/c1-10-4-5-13-18-11(7-14(20)19(13)8-10)9-23-16(22)12-3-2-6-17-15(12)21/h2-8H,9H2,1H3,(H,17,21). The topological polar surface area (TPSA) is 93.5 Å². The van der Waals surface area contributed by atoms with Crippen LogP contribution in [0.3, 0.4) is 0 Å². The van der Waals surface area contributed by atoms with Crippen LogP contribution in [0.25, 0.3) is 5.65 Å². The Morgan fingerprint density at radius 2 is 2.13 bits per heavy atom. The highest BCUT2D eigenvalue weighted by molar-refractivity contribution is 5.88. The van der Waals surface area contributed by atoms with E-state index in [0.717, 1.165) is 5.56 Å². The van der Waals surface area contributed by atoms with Crippen molar-refractivity contribution in [2.75, 3.05) is 0 Å². The van der Waals surface area contributed by atoms with Crippen LogP contribution in [0.1, 0.15) is 21.6 Å². The number of carbonyl (C=O) groups excluding carboxylic acids is 1. The van der Waals surface area contributed by atoms with Crippen molar-refractivity contribution in [1.82, 2.24) is 14.4 Å². The van der Waals surface area contributed by atoms with E-state index in [4.69, 9.17) is 4.74 Å². The Morgan fingerprint density at radius 1 is 1.30 bits per heavy atom. The van der Waals surface area contributed by atoms with Crippen LogP contribution in [-0.2, 0) is 11.3 Å². The molecule has 0 aliphatic carbocycles. The fourth-order valence-corrected chi connectivity index (χ4v) is 2.13. The Bertz CT molecular complexity index is 1000. The molecule has 23 heavy (non-hydrogen) atoms. The second kappa shape index (κ2) is 5.88. The molecule has 0 aliphatic heterocycles. The van der Waals surface area contributed by atoms with E-state index in [-0.39, 0.29) is 17.7 Å². The molecule has 0 saturated heterocycles. The zero-order chi connectivity index (χ0) is 16.4. The number of aromatic amines is 1. The van der Waals surface area contributed by atoms with Gasteiger partial charge >= 0.3 is 5.97 Å². The van der Waals surface area contributed by atoms with Crippen molar-refractivity contribution in [2.45, 2.75) is 13.5 Å². The summed E-state index contributed by atoms with van der Waals surface area (Å²) >= 11 is 0. The van der Waals surface area contributed by atoms with Crippen LogP contribution in [0.15, 0.2) is 52.3 Å². The minimum atomic E-state index is -0.766. The number of esters is 1. The third-order valence-electron chi connectivity index (χ3n) is 3.25. The van der Waals surface area contributed by atoms with Gasteiger partial charge in [0.2, 0.25) is 0 Å². The van der Waals surface area contributed by atoms with E-state index in [1.807, 2.05) is 13.0 Å². The molecule has 7 heteroatoms. The van der Waals surface area contributed by atoms with Crippen molar-refractivity contribution >= 4 is 11.6 Å². The average molecular weight is 311 g/mol. The first-order valence-electron chi connectivity index (χ1n) is 6.88. The largest absolute Gasteiger partial charge is 0.455 e.